The number of nitrogens with zero attached hydrogens (tertiary/aromatic N) is 1. The monoisotopic (exact) mass is 185 g/mol. The first kappa shape index (κ1) is 9.44. The lowest BCUT2D eigenvalue weighted by atomic mass is 10.3. The maximum atomic E-state index is 11.6. The molecule has 0 aromatic carbocycles. The fourth-order valence-electron chi connectivity index (χ4n) is 0.735. The zero-order valence-corrected chi connectivity index (χ0v) is 6.74. The summed E-state index contributed by atoms with van der Waals surface area (Å²) in [7, 11) is 0. The lowest BCUT2D eigenvalue weighted by Gasteiger charge is -2.01. The van der Waals surface area contributed by atoms with Gasteiger partial charge < -0.3 is 9.84 Å². The number of rotatable bonds is 4. The first-order valence-corrected chi connectivity index (χ1v) is 3.62. The lowest BCUT2D eigenvalue weighted by Crippen LogP contribution is -2.02. The molecule has 0 radical (unpaired) electrons. The molecule has 0 atom stereocenters. The van der Waals surface area contributed by atoms with Gasteiger partial charge in [0.1, 0.15) is 13.3 Å². The van der Waals surface area contributed by atoms with E-state index in [4.69, 9.17) is 9.84 Å². The number of aromatic nitrogens is 1. The van der Waals surface area contributed by atoms with Crippen molar-refractivity contribution in [3.05, 3.63) is 23.9 Å². The third kappa shape index (κ3) is 2.70. The molecule has 0 spiro atoms. The van der Waals surface area contributed by atoms with Crippen LogP contribution in [-0.4, -0.2) is 29.3 Å². The average Bonchev–Trinajstić information content (AvgIpc) is 2.15. The Balaban J connectivity index is 2.64. The highest BCUT2D eigenvalue weighted by Crippen LogP contribution is 2.07. The number of halogens is 1. The van der Waals surface area contributed by atoms with Crippen LogP contribution in [-0.2, 0) is 0 Å². The van der Waals surface area contributed by atoms with Gasteiger partial charge in [0.2, 0.25) is 5.88 Å². The SMILES string of the molecule is O=C(O)c1ccc(OCCF)nc1. The average molecular weight is 185 g/mol. The van der Waals surface area contributed by atoms with Crippen molar-refractivity contribution < 1.29 is 19.0 Å². The second kappa shape index (κ2) is 4.39. The van der Waals surface area contributed by atoms with Crippen LogP contribution in [0.15, 0.2) is 18.3 Å². The molecule has 0 bridgehead atoms. The Hall–Kier alpha value is -1.65. The van der Waals surface area contributed by atoms with Crippen LogP contribution in [0.4, 0.5) is 4.39 Å². The third-order valence-electron chi connectivity index (χ3n) is 1.31. The Morgan fingerprint density at radius 1 is 1.62 bits per heavy atom. The maximum Gasteiger partial charge on any atom is 0.337 e. The van der Waals surface area contributed by atoms with Gasteiger partial charge in [0.05, 0.1) is 5.56 Å². The van der Waals surface area contributed by atoms with Crippen molar-refractivity contribution >= 4 is 5.97 Å². The second-order valence-corrected chi connectivity index (χ2v) is 2.23. The number of hydrogen-bond donors (Lipinski definition) is 1. The van der Waals surface area contributed by atoms with Gasteiger partial charge in [-0.25, -0.2) is 14.2 Å². The van der Waals surface area contributed by atoms with Gasteiger partial charge in [-0.15, -0.1) is 0 Å². The molecule has 13 heavy (non-hydrogen) atoms. The van der Waals surface area contributed by atoms with E-state index >= 15 is 0 Å². The number of aromatic carboxylic acids is 1. The van der Waals surface area contributed by atoms with Gasteiger partial charge in [-0.2, -0.15) is 0 Å². The van der Waals surface area contributed by atoms with Crippen molar-refractivity contribution in [3.63, 3.8) is 0 Å². The fourth-order valence-corrected chi connectivity index (χ4v) is 0.735. The lowest BCUT2D eigenvalue weighted by molar-refractivity contribution is 0.0696. The largest absolute Gasteiger partial charge is 0.478 e. The highest BCUT2D eigenvalue weighted by molar-refractivity contribution is 5.87. The zero-order chi connectivity index (χ0) is 9.68. The van der Waals surface area contributed by atoms with Crippen molar-refractivity contribution in [2.24, 2.45) is 0 Å². The Bertz CT molecular complexity index is 286. The van der Waals surface area contributed by atoms with Crippen LogP contribution in [0.25, 0.3) is 0 Å². The summed E-state index contributed by atoms with van der Waals surface area (Å²) < 4.78 is 16.5. The molecular formula is C8H8FNO3. The van der Waals surface area contributed by atoms with E-state index in [1.54, 1.807) is 0 Å². The highest BCUT2D eigenvalue weighted by atomic mass is 19.1. The smallest absolute Gasteiger partial charge is 0.337 e. The van der Waals surface area contributed by atoms with E-state index in [1.807, 2.05) is 0 Å². The van der Waals surface area contributed by atoms with E-state index in [0.717, 1.165) is 6.20 Å². The summed E-state index contributed by atoms with van der Waals surface area (Å²) in [5.41, 5.74) is 0.0765. The molecule has 5 heteroatoms. The van der Waals surface area contributed by atoms with Crippen molar-refractivity contribution in [2.75, 3.05) is 13.3 Å². The van der Waals surface area contributed by atoms with Crippen LogP contribution in [0.1, 0.15) is 10.4 Å². The van der Waals surface area contributed by atoms with E-state index in [9.17, 15) is 9.18 Å². The third-order valence-corrected chi connectivity index (χ3v) is 1.31. The summed E-state index contributed by atoms with van der Waals surface area (Å²) >= 11 is 0. The quantitative estimate of drug-likeness (QED) is 0.763. The number of hydrogen-bond acceptors (Lipinski definition) is 3. The first-order valence-electron chi connectivity index (χ1n) is 3.62. The predicted molar refractivity (Wildman–Crippen MR) is 42.7 cm³/mol. The first-order chi connectivity index (χ1) is 6.24. The fraction of sp³-hybridized carbons (Fsp3) is 0.250. The van der Waals surface area contributed by atoms with E-state index in [2.05, 4.69) is 4.98 Å². The number of carboxylic acids is 1. The van der Waals surface area contributed by atoms with E-state index in [-0.39, 0.29) is 18.1 Å². The van der Waals surface area contributed by atoms with Gasteiger partial charge >= 0.3 is 5.97 Å². The van der Waals surface area contributed by atoms with Crippen LogP contribution in [0.3, 0.4) is 0 Å². The molecule has 1 N–H and O–H groups in total. The summed E-state index contributed by atoms with van der Waals surface area (Å²) in [6.07, 6.45) is 1.16. The van der Waals surface area contributed by atoms with E-state index in [0.29, 0.717) is 0 Å². The molecule has 1 rings (SSSR count). The minimum absolute atomic E-state index is 0.0700. The second-order valence-electron chi connectivity index (χ2n) is 2.23. The Morgan fingerprint density at radius 3 is 2.85 bits per heavy atom. The minimum atomic E-state index is -1.05. The molecule has 0 aliphatic rings. The number of ether oxygens (including phenoxy) is 1. The van der Waals surface area contributed by atoms with Gasteiger partial charge in [-0.05, 0) is 6.07 Å². The van der Waals surface area contributed by atoms with E-state index in [1.165, 1.54) is 12.1 Å². The predicted octanol–water partition coefficient (Wildman–Crippen LogP) is 1.13. The standard InChI is InChI=1S/C8H8FNO3/c9-3-4-13-7-2-1-6(5-10-7)8(11)12/h1-2,5H,3-4H2,(H,11,12). The topological polar surface area (TPSA) is 59.4 Å². The van der Waals surface area contributed by atoms with Gasteiger partial charge in [0, 0.05) is 12.3 Å². The molecule has 1 heterocycles. The number of carboxylic acid groups (broad SMARTS) is 1. The van der Waals surface area contributed by atoms with E-state index < -0.39 is 12.6 Å². The Morgan fingerprint density at radius 2 is 2.38 bits per heavy atom. The van der Waals surface area contributed by atoms with Gasteiger partial charge in [0.25, 0.3) is 0 Å². The van der Waals surface area contributed by atoms with Crippen LogP contribution in [0.2, 0.25) is 0 Å². The van der Waals surface area contributed by atoms with Crippen LogP contribution in [0.5, 0.6) is 5.88 Å². The number of carbonyl (C=O) groups is 1. The van der Waals surface area contributed by atoms with Crippen molar-refractivity contribution in [2.45, 2.75) is 0 Å². The van der Waals surface area contributed by atoms with Crippen LogP contribution >= 0.6 is 0 Å². The summed E-state index contributed by atoms with van der Waals surface area (Å²) in [6, 6.07) is 2.74. The van der Waals surface area contributed by atoms with Crippen molar-refractivity contribution in [3.8, 4) is 5.88 Å². The van der Waals surface area contributed by atoms with Crippen LogP contribution < -0.4 is 4.74 Å². The number of pyridine rings is 1. The molecule has 0 saturated heterocycles. The van der Waals surface area contributed by atoms with Gasteiger partial charge in [-0.1, -0.05) is 0 Å². The molecule has 4 nitrogen and oxygen atoms in total. The summed E-state index contributed by atoms with van der Waals surface area (Å²) in [4.78, 5) is 14.1. The van der Waals surface area contributed by atoms with Crippen molar-refractivity contribution in [1.82, 2.24) is 4.98 Å². The molecule has 0 fully saturated rings. The summed E-state index contributed by atoms with van der Waals surface area (Å²) in [6.45, 7) is -0.665. The van der Waals surface area contributed by atoms with Crippen molar-refractivity contribution in [1.29, 1.82) is 0 Å². The summed E-state index contributed by atoms with van der Waals surface area (Å²) in [5, 5.41) is 8.51. The van der Waals surface area contributed by atoms with Gasteiger partial charge in [0.15, 0.2) is 0 Å². The molecule has 0 aliphatic carbocycles. The summed E-state index contributed by atoms with van der Waals surface area (Å²) in [5.74, 6) is -0.827. The molecule has 70 valence electrons. The zero-order valence-electron chi connectivity index (χ0n) is 6.74. The van der Waals surface area contributed by atoms with Crippen LogP contribution in [0, 0.1) is 0 Å². The molecule has 0 saturated carbocycles. The Labute approximate surface area is 74.0 Å². The molecule has 1 aromatic rings. The molecular weight excluding hydrogens is 177 g/mol. The highest BCUT2D eigenvalue weighted by Gasteiger charge is 2.02. The molecule has 0 aliphatic heterocycles. The number of alkyl halides is 1. The molecule has 0 amide bonds. The normalized spacial score (nSPS) is 9.62. The minimum Gasteiger partial charge on any atom is -0.478 e. The maximum absolute atomic E-state index is 11.6. The Kier molecular flexibility index (Phi) is 3.19. The molecule has 1 aromatic heterocycles. The molecule has 0 unspecified atom stereocenters. The van der Waals surface area contributed by atoms with Gasteiger partial charge in [-0.3, -0.25) is 0 Å².